The van der Waals surface area contributed by atoms with Gasteiger partial charge in [-0.15, -0.1) is 0 Å². The fourth-order valence-corrected chi connectivity index (χ4v) is 1.19. The minimum atomic E-state index is 0.344. The van der Waals surface area contributed by atoms with Crippen molar-refractivity contribution in [2.24, 2.45) is 5.73 Å². The number of rotatable bonds is 2. The van der Waals surface area contributed by atoms with E-state index in [0.29, 0.717) is 18.2 Å². The number of phenolic OH excluding ortho intramolecular Hbond substituents is 1. The number of nitrogens with two attached hydrogens (primary N) is 1. The van der Waals surface area contributed by atoms with Gasteiger partial charge in [0.15, 0.2) is 0 Å². The largest absolute Gasteiger partial charge is 0.508 e. The second-order valence-corrected chi connectivity index (χ2v) is 3.25. The van der Waals surface area contributed by atoms with E-state index < -0.39 is 0 Å². The molecule has 0 bridgehead atoms. The normalized spacial score (nSPS) is 10.7. The molecule has 66 valence electrons. The SMILES string of the molecule is CC(C)c1cc(CN)ccc1O. The van der Waals surface area contributed by atoms with Gasteiger partial charge in [-0.05, 0) is 23.1 Å². The first kappa shape index (κ1) is 9.07. The molecule has 0 aliphatic carbocycles. The van der Waals surface area contributed by atoms with Crippen LogP contribution in [0, 0.1) is 0 Å². The number of aromatic hydroxyl groups is 1. The van der Waals surface area contributed by atoms with Gasteiger partial charge >= 0.3 is 0 Å². The van der Waals surface area contributed by atoms with E-state index >= 15 is 0 Å². The molecule has 0 fully saturated rings. The summed E-state index contributed by atoms with van der Waals surface area (Å²) in [5.74, 6) is 0.707. The summed E-state index contributed by atoms with van der Waals surface area (Å²) in [6.45, 7) is 4.63. The molecular weight excluding hydrogens is 150 g/mol. The van der Waals surface area contributed by atoms with E-state index in [4.69, 9.17) is 5.73 Å². The number of phenols is 1. The molecule has 0 aliphatic heterocycles. The molecule has 3 N–H and O–H groups in total. The molecule has 0 spiro atoms. The van der Waals surface area contributed by atoms with Gasteiger partial charge in [0.25, 0.3) is 0 Å². The van der Waals surface area contributed by atoms with Crippen LogP contribution in [0.15, 0.2) is 18.2 Å². The van der Waals surface area contributed by atoms with E-state index in [2.05, 4.69) is 13.8 Å². The van der Waals surface area contributed by atoms with Crippen LogP contribution < -0.4 is 5.73 Å². The fourth-order valence-electron chi connectivity index (χ4n) is 1.19. The Kier molecular flexibility index (Phi) is 2.71. The third-order valence-electron chi connectivity index (χ3n) is 1.95. The highest BCUT2D eigenvalue weighted by atomic mass is 16.3. The Morgan fingerprint density at radius 2 is 2.08 bits per heavy atom. The van der Waals surface area contributed by atoms with Crippen molar-refractivity contribution in [1.82, 2.24) is 0 Å². The maximum absolute atomic E-state index is 9.46. The van der Waals surface area contributed by atoms with Crippen LogP contribution in [0.4, 0.5) is 0 Å². The molecule has 1 aromatic rings. The predicted molar refractivity (Wildman–Crippen MR) is 50.1 cm³/mol. The van der Waals surface area contributed by atoms with Crippen molar-refractivity contribution in [1.29, 1.82) is 0 Å². The Hall–Kier alpha value is -1.02. The van der Waals surface area contributed by atoms with Gasteiger partial charge in [-0.2, -0.15) is 0 Å². The lowest BCUT2D eigenvalue weighted by Crippen LogP contribution is -1.98. The van der Waals surface area contributed by atoms with Gasteiger partial charge in [0.05, 0.1) is 0 Å². The first-order valence-corrected chi connectivity index (χ1v) is 4.17. The van der Waals surface area contributed by atoms with Crippen LogP contribution in [0.5, 0.6) is 5.75 Å². The van der Waals surface area contributed by atoms with Gasteiger partial charge < -0.3 is 10.8 Å². The van der Waals surface area contributed by atoms with E-state index in [-0.39, 0.29) is 0 Å². The minimum absolute atomic E-state index is 0.344. The van der Waals surface area contributed by atoms with Crippen molar-refractivity contribution in [3.8, 4) is 5.75 Å². The van der Waals surface area contributed by atoms with Gasteiger partial charge in [-0.3, -0.25) is 0 Å². The number of hydrogen-bond donors (Lipinski definition) is 2. The predicted octanol–water partition coefficient (Wildman–Crippen LogP) is 1.97. The monoisotopic (exact) mass is 165 g/mol. The summed E-state index contributed by atoms with van der Waals surface area (Å²) < 4.78 is 0. The van der Waals surface area contributed by atoms with Crippen molar-refractivity contribution in [3.05, 3.63) is 29.3 Å². The molecule has 0 amide bonds. The van der Waals surface area contributed by atoms with E-state index in [1.54, 1.807) is 6.07 Å². The second kappa shape index (κ2) is 3.59. The second-order valence-electron chi connectivity index (χ2n) is 3.25. The molecule has 0 atom stereocenters. The van der Waals surface area contributed by atoms with Gasteiger partial charge in [-0.1, -0.05) is 26.0 Å². The van der Waals surface area contributed by atoms with Crippen molar-refractivity contribution in [2.75, 3.05) is 0 Å². The maximum atomic E-state index is 9.46. The Morgan fingerprint density at radius 1 is 1.42 bits per heavy atom. The Labute approximate surface area is 73.0 Å². The lowest BCUT2D eigenvalue weighted by molar-refractivity contribution is 0.464. The molecule has 0 saturated carbocycles. The minimum Gasteiger partial charge on any atom is -0.508 e. The summed E-state index contributed by atoms with van der Waals surface area (Å²) in [5, 5.41) is 9.46. The van der Waals surface area contributed by atoms with Crippen LogP contribution in [-0.4, -0.2) is 5.11 Å². The first-order valence-electron chi connectivity index (χ1n) is 4.17. The van der Waals surface area contributed by atoms with Gasteiger partial charge in [0, 0.05) is 6.54 Å². The Morgan fingerprint density at radius 3 is 2.58 bits per heavy atom. The summed E-state index contributed by atoms with van der Waals surface area (Å²) in [6.07, 6.45) is 0. The lowest BCUT2D eigenvalue weighted by Gasteiger charge is -2.09. The molecule has 12 heavy (non-hydrogen) atoms. The van der Waals surface area contributed by atoms with Gasteiger partial charge in [0.2, 0.25) is 0 Å². The van der Waals surface area contributed by atoms with Crippen molar-refractivity contribution in [2.45, 2.75) is 26.3 Å². The van der Waals surface area contributed by atoms with Crippen molar-refractivity contribution in [3.63, 3.8) is 0 Å². The molecule has 0 unspecified atom stereocenters. The zero-order valence-electron chi connectivity index (χ0n) is 7.54. The smallest absolute Gasteiger partial charge is 0.119 e. The fraction of sp³-hybridized carbons (Fsp3) is 0.400. The molecule has 0 aromatic heterocycles. The summed E-state index contributed by atoms with van der Waals surface area (Å²) in [6, 6.07) is 5.51. The van der Waals surface area contributed by atoms with E-state index in [0.717, 1.165) is 11.1 Å². The number of benzene rings is 1. The highest BCUT2D eigenvalue weighted by Crippen LogP contribution is 2.25. The van der Waals surface area contributed by atoms with Gasteiger partial charge in [-0.25, -0.2) is 0 Å². The van der Waals surface area contributed by atoms with Gasteiger partial charge in [0.1, 0.15) is 5.75 Å². The summed E-state index contributed by atoms with van der Waals surface area (Å²) in [4.78, 5) is 0. The highest BCUT2D eigenvalue weighted by Gasteiger charge is 2.05. The topological polar surface area (TPSA) is 46.2 Å². The first-order chi connectivity index (χ1) is 5.65. The van der Waals surface area contributed by atoms with Crippen LogP contribution in [0.25, 0.3) is 0 Å². The van der Waals surface area contributed by atoms with E-state index in [9.17, 15) is 5.11 Å². The Balaban J connectivity index is 3.08. The van der Waals surface area contributed by atoms with Crippen molar-refractivity contribution < 1.29 is 5.11 Å². The highest BCUT2D eigenvalue weighted by molar-refractivity contribution is 5.38. The van der Waals surface area contributed by atoms with E-state index in [1.165, 1.54) is 0 Å². The molecule has 2 heteroatoms. The lowest BCUT2D eigenvalue weighted by atomic mass is 10.00. The third kappa shape index (κ3) is 1.77. The molecule has 1 aromatic carbocycles. The summed E-state index contributed by atoms with van der Waals surface area (Å²) in [5.41, 5.74) is 7.52. The van der Waals surface area contributed by atoms with E-state index in [1.807, 2.05) is 12.1 Å². The zero-order chi connectivity index (χ0) is 9.14. The summed E-state index contributed by atoms with van der Waals surface area (Å²) in [7, 11) is 0. The molecule has 0 radical (unpaired) electrons. The standard InChI is InChI=1S/C10H15NO/c1-7(2)9-5-8(6-11)3-4-10(9)12/h3-5,7,12H,6,11H2,1-2H3. The average molecular weight is 165 g/mol. The number of hydrogen-bond acceptors (Lipinski definition) is 2. The Bertz CT molecular complexity index is 269. The van der Waals surface area contributed by atoms with Crippen LogP contribution in [0.3, 0.4) is 0 Å². The molecule has 0 aliphatic rings. The molecule has 2 nitrogen and oxygen atoms in total. The van der Waals surface area contributed by atoms with Crippen molar-refractivity contribution >= 4 is 0 Å². The molecular formula is C10H15NO. The zero-order valence-corrected chi connectivity index (χ0v) is 7.54. The third-order valence-corrected chi connectivity index (χ3v) is 1.95. The van der Waals surface area contributed by atoms with Crippen LogP contribution in [0.2, 0.25) is 0 Å². The molecule has 0 heterocycles. The van der Waals surface area contributed by atoms with Crippen LogP contribution in [0.1, 0.15) is 30.9 Å². The molecule has 0 saturated heterocycles. The maximum Gasteiger partial charge on any atom is 0.119 e. The van der Waals surface area contributed by atoms with Crippen LogP contribution >= 0.6 is 0 Å². The quantitative estimate of drug-likeness (QED) is 0.703. The average Bonchev–Trinajstić information content (AvgIpc) is 2.05. The van der Waals surface area contributed by atoms with Crippen LogP contribution in [-0.2, 0) is 6.54 Å². The molecule has 1 rings (SSSR count). The summed E-state index contributed by atoms with van der Waals surface area (Å²) >= 11 is 0.